The van der Waals surface area contributed by atoms with Gasteiger partial charge in [0.2, 0.25) is 5.91 Å². The number of rotatable bonds is 7. The maximum atomic E-state index is 13.4. The topological polar surface area (TPSA) is 76.5 Å². The summed E-state index contributed by atoms with van der Waals surface area (Å²) in [4.78, 5) is 33.6. The quantitative estimate of drug-likeness (QED) is 0.421. The van der Waals surface area contributed by atoms with Crippen LogP contribution in [0, 0.1) is 0 Å². The highest BCUT2D eigenvalue weighted by atomic mass is 16.5. The molecule has 1 saturated heterocycles. The van der Waals surface area contributed by atoms with Crippen LogP contribution in [-0.4, -0.2) is 33.4 Å². The van der Waals surface area contributed by atoms with Crippen LogP contribution in [0.1, 0.15) is 25.1 Å². The zero-order chi connectivity index (χ0) is 24.0. The van der Waals surface area contributed by atoms with Crippen molar-refractivity contribution in [2.75, 3.05) is 18.4 Å². The number of ether oxygens (including phenoxy) is 1. The molecular formula is C28H28N4O3. The number of carbonyl (C=O) groups is 1. The number of hydrogen-bond acceptors (Lipinski definition) is 5. The van der Waals surface area contributed by atoms with Gasteiger partial charge in [0.05, 0.1) is 23.1 Å². The van der Waals surface area contributed by atoms with Crippen molar-refractivity contribution in [3.05, 3.63) is 95.0 Å². The number of nitrogens with one attached hydrogen (secondary N) is 1. The van der Waals surface area contributed by atoms with E-state index in [2.05, 4.69) is 10.2 Å². The Balaban J connectivity index is 1.41. The fourth-order valence-corrected chi connectivity index (χ4v) is 4.42. The minimum Gasteiger partial charge on any atom is -0.455 e. The zero-order valence-electron chi connectivity index (χ0n) is 19.5. The molecule has 4 aromatic rings. The predicted molar refractivity (Wildman–Crippen MR) is 137 cm³/mol. The predicted octanol–water partition coefficient (Wildman–Crippen LogP) is 4.81. The van der Waals surface area contributed by atoms with E-state index in [1.165, 1.54) is 11.0 Å². The normalized spacial score (nSPS) is 14.1. The van der Waals surface area contributed by atoms with E-state index in [9.17, 15) is 9.59 Å². The maximum absolute atomic E-state index is 13.4. The summed E-state index contributed by atoms with van der Waals surface area (Å²) in [5, 5.41) is 3.43. The third kappa shape index (κ3) is 5.41. The molecule has 0 aliphatic carbocycles. The molecule has 7 heteroatoms. The first-order chi connectivity index (χ1) is 17.2. The molecule has 0 saturated carbocycles. The first kappa shape index (κ1) is 22.8. The van der Waals surface area contributed by atoms with Gasteiger partial charge in [0.15, 0.2) is 5.75 Å². The lowest BCUT2D eigenvalue weighted by Crippen LogP contribution is -2.36. The molecule has 1 fully saturated rings. The van der Waals surface area contributed by atoms with Gasteiger partial charge in [0.25, 0.3) is 5.56 Å². The molecule has 5 rings (SSSR count). The number of likely N-dealkylation sites (tertiary alicyclic amines) is 1. The molecule has 0 unspecified atom stereocenters. The van der Waals surface area contributed by atoms with Gasteiger partial charge in [0.1, 0.15) is 18.1 Å². The molecule has 0 atom stereocenters. The Kier molecular flexibility index (Phi) is 6.86. The number of piperidine rings is 1. The van der Waals surface area contributed by atoms with E-state index < -0.39 is 0 Å². The van der Waals surface area contributed by atoms with Crippen molar-refractivity contribution in [3.63, 3.8) is 0 Å². The van der Waals surface area contributed by atoms with E-state index in [-0.39, 0.29) is 18.0 Å². The van der Waals surface area contributed by atoms with Gasteiger partial charge in [-0.3, -0.25) is 19.1 Å². The van der Waals surface area contributed by atoms with E-state index in [1.807, 2.05) is 60.7 Å². The van der Waals surface area contributed by atoms with Crippen LogP contribution < -0.4 is 15.6 Å². The number of carbonyl (C=O) groups excluding carboxylic acids is 1. The molecule has 0 spiro atoms. The lowest BCUT2D eigenvalue weighted by Gasteiger charge is -2.27. The molecule has 3 aromatic carbocycles. The zero-order valence-corrected chi connectivity index (χ0v) is 19.5. The lowest BCUT2D eigenvalue weighted by atomic mass is 10.1. The fourth-order valence-electron chi connectivity index (χ4n) is 4.42. The SMILES string of the molecule is O=C(Cn1c(CN2CCCCC2)nc2ccccc2c1=O)Nc1ccccc1Oc1ccccc1. The highest BCUT2D eigenvalue weighted by molar-refractivity contribution is 5.92. The second-order valence-electron chi connectivity index (χ2n) is 8.73. The number of benzene rings is 3. The molecule has 1 amide bonds. The van der Waals surface area contributed by atoms with Crippen molar-refractivity contribution in [1.82, 2.24) is 14.5 Å². The number of fused-ring (bicyclic) bond motifs is 1. The highest BCUT2D eigenvalue weighted by Gasteiger charge is 2.19. The van der Waals surface area contributed by atoms with Crippen molar-refractivity contribution < 1.29 is 9.53 Å². The van der Waals surface area contributed by atoms with Gasteiger partial charge >= 0.3 is 0 Å². The Morgan fingerprint density at radius 3 is 2.43 bits per heavy atom. The monoisotopic (exact) mass is 468 g/mol. The first-order valence-corrected chi connectivity index (χ1v) is 12.0. The first-order valence-electron chi connectivity index (χ1n) is 12.0. The Bertz CT molecular complexity index is 1380. The summed E-state index contributed by atoms with van der Waals surface area (Å²) < 4.78 is 7.47. The third-order valence-electron chi connectivity index (χ3n) is 6.19. The summed E-state index contributed by atoms with van der Waals surface area (Å²) in [6.07, 6.45) is 3.49. The number of amides is 1. The number of nitrogens with zero attached hydrogens (tertiary/aromatic N) is 3. The summed E-state index contributed by atoms with van der Waals surface area (Å²) in [7, 11) is 0. The molecule has 1 aliphatic rings. The largest absolute Gasteiger partial charge is 0.455 e. The minimum atomic E-state index is -0.312. The molecule has 0 bridgehead atoms. The van der Waals surface area contributed by atoms with Gasteiger partial charge < -0.3 is 10.1 Å². The fraction of sp³-hybridized carbons (Fsp3) is 0.250. The Labute approximate surface area is 204 Å². The van der Waals surface area contributed by atoms with Crippen LogP contribution in [0.25, 0.3) is 10.9 Å². The number of hydrogen-bond donors (Lipinski definition) is 1. The molecule has 1 aromatic heterocycles. The van der Waals surface area contributed by atoms with E-state index >= 15 is 0 Å². The van der Waals surface area contributed by atoms with Crippen molar-refractivity contribution in [2.45, 2.75) is 32.4 Å². The summed E-state index contributed by atoms with van der Waals surface area (Å²) in [6.45, 7) is 2.36. The van der Waals surface area contributed by atoms with Gasteiger partial charge in [-0.15, -0.1) is 0 Å². The second-order valence-corrected chi connectivity index (χ2v) is 8.73. The van der Waals surface area contributed by atoms with E-state index in [1.54, 1.807) is 18.2 Å². The molecule has 35 heavy (non-hydrogen) atoms. The van der Waals surface area contributed by atoms with Crippen molar-refractivity contribution >= 4 is 22.5 Å². The number of para-hydroxylation sites is 4. The molecule has 1 N–H and O–H groups in total. The molecule has 7 nitrogen and oxygen atoms in total. The van der Waals surface area contributed by atoms with Crippen LogP contribution in [0.2, 0.25) is 0 Å². The van der Waals surface area contributed by atoms with Gasteiger partial charge in [-0.2, -0.15) is 0 Å². The number of anilines is 1. The van der Waals surface area contributed by atoms with Gasteiger partial charge in [-0.1, -0.05) is 48.9 Å². The van der Waals surface area contributed by atoms with Crippen LogP contribution >= 0.6 is 0 Å². The van der Waals surface area contributed by atoms with Crippen molar-refractivity contribution in [3.8, 4) is 11.5 Å². The average Bonchev–Trinajstić information content (AvgIpc) is 2.89. The van der Waals surface area contributed by atoms with Gasteiger partial charge in [-0.25, -0.2) is 4.98 Å². The summed E-state index contributed by atoms with van der Waals surface area (Å²) >= 11 is 0. The van der Waals surface area contributed by atoms with Crippen LogP contribution in [0.5, 0.6) is 11.5 Å². The van der Waals surface area contributed by atoms with Gasteiger partial charge in [0, 0.05) is 0 Å². The number of aromatic nitrogens is 2. The van der Waals surface area contributed by atoms with Crippen molar-refractivity contribution in [2.24, 2.45) is 0 Å². The van der Waals surface area contributed by atoms with Gasteiger partial charge in [-0.05, 0) is 62.3 Å². The Morgan fingerprint density at radius 1 is 0.886 bits per heavy atom. The Morgan fingerprint density at radius 2 is 1.60 bits per heavy atom. The second kappa shape index (κ2) is 10.5. The Hall–Kier alpha value is -3.97. The molecule has 2 heterocycles. The van der Waals surface area contributed by atoms with Crippen LogP contribution in [0.4, 0.5) is 5.69 Å². The van der Waals surface area contributed by atoms with E-state index in [0.717, 1.165) is 25.9 Å². The van der Waals surface area contributed by atoms with E-state index in [0.29, 0.717) is 40.5 Å². The van der Waals surface area contributed by atoms with Crippen LogP contribution in [-0.2, 0) is 17.9 Å². The highest BCUT2D eigenvalue weighted by Crippen LogP contribution is 2.29. The summed E-state index contributed by atoms with van der Waals surface area (Å²) in [5.41, 5.74) is 0.995. The summed E-state index contributed by atoms with van der Waals surface area (Å²) in [5.74, 6) is 1.50. The smallest absolute Gasteiger partial charge is 0.261 e. The maximum Gasteiger partial charge on any atom is 0.261 e. The minimum absolute atomic E-state index is 0.125. The van der Waals surface area contributed by atoms with Crippen molar-refractivity contribution in [1.29, 1.82) is 0 Å². The van der Waals surface area contributed by atoms with E-state index in [4.69, 9.17) is 9.72 Å². The molecule has 1 aliphatic heterocycles. The summed E-state index contributed by atoms with van der Waals surface area (Å²) in [6, 6.07) is 24.0. The standard InChI is InChI=1S/C28H28N4O3/c33-27(30-24-15-7-8-16-25(24)35-21-11-3-1-4-12-21)20-32-26(19-31-17-9-2-10-18-31)29-23-14-6-5-13-22(23)28(32)34/h1,3-8,11-16H,2,9-10,17-20H2,(H,30,33). The lowest BCUT2D eigenvalue weighted by molar-refractivity contribution is -0.116. The molecular weight excluding hydrogens is 440 g/mol. The molecule has 178 valence electrons. The van der Waals surface area contributed by atoms with Crippen LogP contribution in [0.3, 0.4) is 0 Å². The van der Waals surface area contributed by atoms with Crippen LogP contribution in [0.15, 0.2) is 83.7 Å². The third-order valence-corrected chi connectivity index (χ3v) is 6.19. The average molecular weight is 469 g/mol. The molecule has 0 radical (unpaired) electrons.